The van der Waals surface area contributed by atoms with Gasteiger partial charge in [-0.15, -0.1) is 0 Å². The molecule has 0 aromatic rings. The highest BCUT2D eigenvalue weighted by Gasteiger charge is 2.01. The molecular weight excluding hydrogens is 318 g/mol. The maximum atomic E-state index is 11.2. The fourth-order valence-corrected chi connectivity index (χ4v) is 2.21. The van der Waals surface area contributed by atoms with Crippen LogP contribution in [0.3, 0.4) is 0 Å². The molecule has 0 aliphatic heterocycles. The smallest absolute Gasteiger partial charge is 0.305 e. The van der Waals surface area contributed by atoms with Crippen LogP contribution in [-0.4, -0.2) is 51.4 Å². The van der Waals surface area contributed by atoms with Gasteiger partial charge in [-0.25, -0.2) is 0 Å². The van der Waals surface area contributed by atoms with Crippen molar-refractivity contribution >= 4 is 11.9 Å². The third kappa shape index (κ3) is 17.3. The quantitative estimate of drug-likeness (QED) is 0.204. The molecule has 0 saturated heterocycles. The molecule has 0 rings (SSSR count). The number of carbonyl (C=O) groups excluding carboxylic acids is 1. The number of unbranched alkanes of at least 4 members (excludes halogenated alkanes) is 3. The summed E-state index contributed by atoms with van der Waals surface area (Å²) in [6.07, 6.45) is 5.62. The molecule has 25 heavy (non-hydrogen) atoms. The van der Waals surface area contributed by atoms with Crippen LogP contribution in [-0.2, 0) is 14.3 Å². The van der Waals surface area contributed by atoms with Crippen LogP contribution in [0.2, 0.25) is 0 Å². The normalized spacial score (nSPS) is 11.6. The standard InChI is InChI=1S/C19H39N3O3/c1-5-20-19(22-14-11-15-24-16-17(3)4)21-13-10-8-7-9-12-18(23)25-6-2/h17H,5-16H2,1-4H3,(H2,20,21,22). The van der Waals surface area contributed by atoms with Crippen molar-refractivity contribution in [2.75, 3.05) is 39.5 Å². The molecule has 0 atom stereocenters. The molecule has 0 radical (unpaired) electrons. The van der Waals surface area contributed by atoms with E-state index in [9.17, 15) is 4.79 Å². The van der Waals surface area contributed by atoms with Gasteiger partial charge in [-0.2, -0.15) is 0 Å². The Kier molecular flexibility index (Phi) is 16.6. The number of carbonyl (C=O) groups is 1. The lowest BCUT2D eigenvalue weighted by Gasteiger charge is -2.11. The monoisotopic (exact) mass is 357 g/mol. The Balaban J connectivity index is 3.67. The number of ether oxygens (including phenoxy) is 2. The van der Waals surface area contributed by atoms with Gasteiger partial charge in [0.15, 0.2) is 5.96 Å². The van der Waals surface area contributed by atoms with Crippen LogP contribution in [0, 0.1) is 5.92 Å². The average molecular weight is 358 g/mol. The minimum absolute atomic E-state index is 0.0837. The van der Waals surface area contributed by atoms with E-state index in [1.165, 1.54) is 0 Å². The van der Waals surface area contributed by atoms with Crippen LogP contribution in [0.1, 0.15) is 66.2 Å². The summed E-state index contributed by atoms with van der Waals surface area (Å²) in [4.78, 5) is 15.8. The zero-order valence-electron chi connectivity index (χ0n) is 16.7. The number of hydrogen-bond donors (Lipinski definition) is 2. The average Bonchev–Trinajstić information content (AvgIpc) is 2.56. The summed E-state index contributed by atoms with van der Waals surface area (Å²) >= 11 is 0. The van der Waals surface area contributed by atoms with E-state index >= 15 is 0 Å². The van der Waals surface area contributed by atoms with Crippen molar-refractivity contribution < 1.29 is 14.3 Å². The maximum absolute atomic E-state index is 11.2. The first-order valence-corrected chi connectivity index (χ1v) is 9.85. The minimum Gasteiger partial charge on any atom is -0.466 e. The molecule has 0 aromatic heterocycles. The topological polar surface area (TPSA) is 72.0 Å². The van der Waals surface area contributed by atoms with E-state index in [1.807, 2.05) is 6.92 Å². The zero-order chi connectivity index (χ0) is 18.8. The second-order valence-corrected chi connectivity index (χ2v) is 6.48. The van der Waals surface area contributed by atoms with Gasteiger partial charge in [-0.05, 0) is 39.0 Å². The Bertz CT molecular complexity index is 347. The molecule has 2 N–H and O–H groups in total. The number of aliphatic imine (C=N–C) groups is 1. The van der Waals surface area contributed by atoms with Crippen molar-refractivity contribution in [3.8, 4) is 0 Å². The predicted molar refractivity (Wildman–Crippen MR) is 104 cm³/mol. The van der Waals surface area contributed by atoms with Crippen LogP contribution in [0.15, 0.2) is 4.99 Å². The van der Waals surface area contributed by atoms with E-state index in [0.717, 1.165) is 70.9 Å². The third-order valence-electron chi connectivity index (χ3n) is 3.42. The van der Waals surface area contributed by atoms with Gasteiger partial charge >= 0.3 is 5.97 Å². The Morgan fingerprint density at radius 1 is 1.04 bits per heavy atom. The van der Waals surface area contributed by atoms with E-state index in [2.05, 4.69) is 36.4 Å². The number of rotatable bonds is 15. The Hall–Kier alpha value is -1.30. The summed E-state index contributed by atoms with van der Waals surface area (Å²) in [6, 6.07) is 0. The molecule has 6 heteroatoms. The molecule has 6 nitrogen and oxygen atoms in total. The molecular formula is C19H39N3O3. The Labute approximate surface area is 154 Å². The van der Waals surface area contributed by atoms with Gasteiger partial charge in [0.25, 0.3) is 0 Å². The van der Waals surface area contributed by atoms with Crippen LogP contribution in [0.5, 0.6) is 0 Å². The molecule has 0 aromatic carbocycles. The van der Waals surface area contributed by atoms with E-state index in [1.54, 1.807) is 0 Å². The Morgan fingerprint density at radius 2 is 1.80 bits per heavy atom. The van der Waals surface area contributed by atoms with Gasteiger partial charge < -0.3 is 20.1 Å². The van der Waals surface area contributed by atoms with Gasteiger partial charge in [0.1, 0.15) is 0 Å². The van der Waals surface area contributed by atoms with Crippen LogP contribution in [0.4, 0.5) is 0 Å². The molecule has 0 heterocycles. The summed E-state index contributed by atoms with van der Waals surface area (Å²) in [6.45, 7) is 12.8. The lowest BCUT2D eigenvalue weighted by molar-refractivity contribution is -0.143. The van der Waals surface area contributed by atoms with E-state index in [0.29, 0.717) is 18.9 Å². The summed E-state index contributed by atoms with van der Waals surface area (Å²) < 4.78 is 10.5. The molecule has 0 spiro atoms. The minimum atomic E-state index is -0.0837. The first-order chi connectivity index (χ1) is 12.1. The maximum Gasteiger partial charge on any atom is 0.305 e. The highest BCUT2D eigenvalue weighted by atomic mass is 16.5. The van der Waals surface area contributed by atoms with Crippen molar-refractivity contribution in [1.82, 2.24) is 10.6 Å². The van der Waals surface area contributed by atoms with Crippen molar-refractivity contribution in [2.45, 2.75) is 66.2 Å². The van der Waals surface area contributed by atoms with E-state index in [4.69, 9.17) is 9.47 Å². The van der Waals surface area contributed by atoms with Crippen molar-refractivity contribution in [3.63, 3.8) is 0 Å². The number of hydrogen-bond acceptors (Lipinski definition) is 4. The summed E-state index contributed by atoms with van der Waals surface area (Å²) in [5.74, 6) is 1.37. The van der Waals surface area contributed by atoms with Gasteiger partial charge in [0, 0.05) is 39.3 Å². The van der Waals surface area contributed by atoms with Gasteiger partial charge in [0.2, 0.25) is 0 Å². The summed E-state index contributed by atoms with van der Waals surface area (Å²) in [5, 5.41) is 6.62. The molecule has 0 fully saturated rings. The number of esters is 1. The number of nitrogens with one attached hydrogen (secondary N) is 2. The molecule has 0 unspecified atom stereocenters. The second-order valence-electron chi connectivity index (χ2n) is 6.48. The fourth-order valence-electron chi connectivity index (χ4n) is 2.21. The number of guanidine groups is 1. The lowest BCUT2D eigenvalue weighted by Crippen LogP contribution is -2.37. The largest absolute Gasteiger partial charge is 0.466 e. The first-order valence-electron chi connectivity index (χ1n) is 9.85. The van der Waals surface area contributed by atoms with Crippen molar-refractivity contribution in [3.05, 3.63) is 0 Å². The zero-order valence-corrected chi connectivity index (χ0v) is 16.7. The molecule has 0 amide bonds. The third-order valence-corrected chi connectivity index (χ3v) is 3.42. The Morgan fingerprint density at radius 3 is 2.48 bits per heavy atom. The molecule has 0 aliphatic rings. The molecule has 0 aliphatic carbocycles. The molecule has 0 bridgehead atoms. The van der Waals surface area contributed by atoms with Gasteiger partial charge in [-0.3, -0.25) is 9.79 Å². The van der Waals surface area contributed by atoms with Crippen LogP contribution < -0.4 is 10.6 Å². The predicted octanol–water partition coefficient (Wildman–Crippen LogP) is 3.12. The van der Waals surface area contributed by atoms with E-state index < -0.39 is 0 Å². The van der Waals surface area contributed by atoms with Gasteiger partial charge in [-0.1, -0.05) is 26.7 Å². The lowest BCUT2D eigenvalue weighted by atomic mass is 10.1. The van der Waals surface area contributed by atoms with Crippen molar-refractivity contribution in [1.29, 1.82) is 0 Å². The van der Waals surface area contributed by atoms with E-state index in [-0.39, 0.29) is 5.97 Å². The molecule has 0 saturated carbocycles. The summed E-state index contributed by atoms with van der Waals surface area (Å²) in [7, 11) is 0. The first kappa shape index (κ1) is 23.7. The van der Waals surface area contributed by atoms with Crippen molar-refractivity contribution in [2.24, 2.45) is 10.9 Å². The van der Waals surface area contributed by atoms with Crippen LogP contribution in [0.25, 0.3) is 0 Å². The van der Waals surface area contributed by atoms with Crippen LogP contribution >= 0.6 is 0 Å². The number of nitrogens with zero attached hydrogens (tertiary/aromatic N) is 1. The highest BCUT2D eigenvalue weighted by Crippen LogP contribution is 2.03. The second kappa shape index (κ2) is 17.5. The SMILES string of the molecule is CCNC(=NCCCOCC(C)C)NCCCCCCC(=O)OCC. The highest BCUT2D eigenvalue weighted by molar-refractivity contribution is 5.79. The van der Waals surface area contributed by atoms with Gasteiger partial charge in [0.05, 0.1) is 6.61 Å². The molecule has 148 valence electrons. The fraction of sp³-hybridized carbons (Fsp3) is 0.895. The summed E-state index contributed by atoms with van der Waals surface area (Å²) in [5.41, 5.74) is 0.